The summed E-state index contributed by atoms with van der Waals surface area (Å²) in [5.74, 6) is 0. The molecule has 0 bridgehead atoms. The van der Waals surface area contributed by atoms with E-state index >= 15 is 0 Å². The van der Waals surface area contributed by atoms with Gasteiger partial charge in [-0.15, -0.1) is 0 Å². The SMILES string of the molecule is CC(C)(C)OC(=O)N1CCCC2(C)CCCCC12. The number of rotatable bonds is 0. The number of hydrogen-bond donors (Lipinski definition) is 0. The zero-order valence-corrected chi connectivity index (χ0v) is 12.3. The Morgan fingerprint density at radius 2 is 1.89 bits per heavy atom. The fourth-order valence-corrected chi connectivity index (χ4v) is 3.55. The number of likely N-dealkylation sites (tertiary alicyclic amines) is 1. The number of hydrogen-bond acceptors (Lipinski definition) is 2. The van der Waals surface area contributed by atoms with E-state index in [9.17, 15) is 4.79 Å². The van der Waals surface area contributed by atoms with Gasteiger partial charge in [0.05, 0.1) is 0 Å². The Morgan fingerprint density at radius 1 is 1.22 bits per heavy atom. The molecule has 2 rings (SSSR count). The summed E-state index contributed by atoms with van der Waals surface area (Å²) in [5.41, 5.74) is -0.0625. The number of carbonyl (C=O) groups excluding carboxylic acids is 1. The summed E-state index contributed by atoms with van der Waals surface area (Å²) in [6.45, 7) is 9.04. The van der Waals surface area contributed by atoms with Gasteiger partial charge >= 0.3 is 6.09 Å². The zero-order chi connectivity index (χ0) is 13.4. The molecule has 1 aliphatic heterocycles. The molecule has 1 saturated carbocycles. The monoisotopic (exact) mass is 253 g/mol. The van der Waals surface area contributed by atoms with Gasteiger partial charge in [-0.05, 0) is 51.9 Å². The maximum absolute atomic E-state index is 12.3. The molecule has 1 amide bonds. The lowest BCUT2D eigenvalue weighted by molar-refractivity contribution is -0.0341. The Balaban J connectivity index is 2.09. The van der Waals surface area contributed by atoms with Crippen LogP contribution in [0.4, 0.5) is 4.79 Å². The molecule has 2 atom stereocenters. The summed E-state index contributed by atoms with van der Waals surface area (Å²) in [6.07, 6.45) is 7.24. The Hall–Kier alpha value is -0.730. The molecule has 1 heterocycles. The van der Waals surface area contributed by atoms with Crippen LogP contribution in [0.3, 0.4) is 0 Å². The quantitative estimate of drug-likeness (QED) is 0.654. The highest BCUT2D eigenvalue weighted by molar-refractivity contribution is 5.69. The molecule has 0 aromatic heterocycles. The van der Waals surface area contributed by atoms with Crippen LogP contribution in [0.5, 0.6) is 0 Å². The molecular weight excluding hydrogens is 226 g/mol. The number of ether oxygens (including phenoxy) is 1. The van der Waals surface area contributed by atoms with Crippen LogP contribution >= 0.6 is 0 Å². The van der Waals surface area contributed by atoms with Crippen LogP contribution in [-0.2, 0) is 4.74 Å². The van der Waals surface area contributed by atoms with Gasteiger partial charge in [-0.2, -0.15) is 0 Å². The molecule has 0 N–H and O–H groups in total. The first-order valence-corrected chi connectivity index (χ1v) is 7.31. The lowest BCUT2D eigenvalue weighted by Gasteiger charge is -2.50. The number of amides is 1. The van der Waals surface area contributed by atoms with Crippen molar-refractivity contribution in [2.24, 2.45) is 5.41 Å². The third-order valence-corrected chi connectivity index (χ3v) is 4.43. The van der Waals surface area contributed by atoms with Crippen LogP contribution in [0.15, 0.2) is 0 Å². The van der Waals surface area contributed by atoms with Gasteiger partial charge in [0.2, 0.25) is 0 Å². The molecule has 2 fully saturated rings. The highest BCUT2D eigenvalue weighted by Gasteiger charge is 2.45. The normalized spacial score (nSPS) is 32.9. The van der Waals surface area contributed by atoms with E-state index < -0.39 is 0 Å². The number of nitrogens with zero attached hydrogens (tertiary/aromatic N) is 1. The lowest BCUT2D eigenvalue weighted by atomic mass is 9.66. The van der Waals surface area contributed by atoms with Gasteiger partial charge in [-0.3, -0.25) is 0 Å². The van der Waals surface area contributed by atoms with Crippen molar-refractivity contribution in [2.75, 3.05) is 6.54 Å². The minimum atomic E-state index is -0.389. The standard InChI is InChI=1S/C15H27NO2/c1-14(2,3)18-13(17)16-11-7-10-15(4)9-6-5-8-12(15)16/h12H,5-11H2,1-4H3. The van der Waals surface area contributed by atoms with Gasteiger partial charge in [0, 0.05) is 12.6 Å². The summed E-state index contributed by atoms with van der Waals surface area (Å²) in [6, 6.07) is 0.398. The molecular formula is C15H27NO2. The van der Waals surface area contributed by atoms with Gasteiger partial charge in [-0.1, -0.05) is 19.8 Å². The first-order chi connectivity index (χ1) is 8.32. The van der Waals surface area contributed by atoms with E-state index in [4.69, 9.17) is 4.74 Å². The van der Waals surface area contributed by atoms with Crippen LogP contribution in [0.25, 0.3) is 0 Å². The highest BCUT2D eigenvalue weighted by Crippen LogP contribution is 2.45. The van der Waals surface area contributed by atoms with Crippen molar-refractivity contribution in [2.45, 2.75) is 77.9 Å². The molecule has 1 saturated heterocycles. The predicted molar refractivity (Wildman–Crippen MR) is 72.5 cm³/mol. The third kappa shape index (κ3) is 2.81. The van der Waals surface area contributed by atoms with Gasteiger partial charge < -0.3 is 9.64 Å². The summed E-state index contributed by atoms with van der Waals surface area (Å²) < 4.78 is 5.56. The minimum absolute atomic E-state index is 0.111. The molecule has 0 aromatic carbocycles. The minimum Gasteiger partial charge on any atom is -0.444 e. The molecule has 0 spiro atoms. The smallest absolute Gasteiger partial charge is 0.410 e. The average Bonchev–Trinajstić information content (AvgIpc) is 2.24. The van der Waals surface area contributed by atoms with Crippen molar-refractivity contribution in [3.63, 3.8) is 0 Å². The fourth-order valence-electron chi connectivity index (χ4n) is 3.55. The van der Waals surface area contributed by atoms with Gasteiger partial charge in [0.1, 0.15) is 5.60 Å². The largest absolute Gasteiger partial charge is 0.444 e. The first kappa shape index (κ1) is 13.7. The van der Waals surface area contributed by atoms with E-state index in [0.29, 0.717) is 11.5 Å². The van der Waals surface area contributed by atoms with Gasteiger partial charge in [0.25, 0.3) is 0 Å². The predicted octanol–water partition coefficient (Wildman–Crippen LogP) is 3.97. The summed E-state index contributed by atoms with van der Waals surface area (Å²) in [5, 5.41) is 0. The summed E-state index contributed by atoms with van der Waals surface area (Å²) in [4.78, 5) is 14.3. The maximum atomic E-state index is 12.3. The molecule has 3 heteroatoms. The lowest BCUT2D eigenvalue weighted by Crippen LogP contribution is -2.55. The van der Waals surface area contributed by atoms with E-state index in [1.54, 1.807) is 0 Å². The van der Waals surface area contributed by atoms with Crippen LogP contribution in [0.1, 0.15) is 66.2 Å². The Labute approximate surface area is 111 Å². The third-order valence-electron chi connectivity index (χ3n) is 4.43. The second kappa shape index (κ2) is 4.75. The Bertz CT molecular complexity index is 317. The molecule has 2 unspecified atom stereocenters. The van der Waals surface area contributed by atoms with Crippen molar-refractivity contribution in [3.8, 4) is 0 Å². The molecule has 1 aliphatic carbocycles. The first-order valence-electron chi connectivity index (χ1n) is 7.31. The van der Waals surface area contributed by atoms with Crippen molar-refractivity contribution in [1.82, 2.24) is 4.90 Å². The maximum Gasteiger partial charge on any atom is 0.410 e. The molecule has 18 heavy (non-hydrogen) atoms. The Kier molecular flexibility index (Phi) is 3.61. The molecule has 104 valence electrons. The molecule has 0 radical (unpaired) electrons. The molecule has 2 aliphatic rings. The molecule has 3 nitrogen and oxygen atoms in total. The van der Waals surface area contributed by atoms with Gasteiger partial charge in [0.15, 0.2) is 0 Å². The topological polar surface area (TPSA) is 29.5 Å². The van der Waals surface area contributed by atoms with Crippen molar-refractivity contribution in [3.05, 3.63) is 0 Å². The second-order valence-electron chi connectivity index (χ2n) is 7.19. The number of piperidine rings is 1. The summed E-state index contributed by atoms with van der Waals surface area (Å²) >= 11 is 0. The highest BCUT2D eigenvalue weighted by atomic mass is 16.6. The van der Waals surface area contributed by atoms with Crippen molar-refractivity contribution < 1.29 is 9.53 Å². The van der Waals surface area contributed by atoms with E-state index in [-0.39, 0.29) is 11.7 Å². The van der Waals surface area contributed by atoms with Crippen molar-refractivity contribution >= 4 is 6.09 Å². The van der Waals surface area contributed by atoms with E-state index in [0.717, 1.165) is 19.4 Å². The Morgan fingerprint density at radius 3 is 2.56 bits per heavy atom. The number of fused-ring (bicyclic) bond motifs is 1. The zero-order valence-electron chi connectivity index (χ0n) is 12.3. The summed E-state index contributed by atoms with van der Waals surface area (Å²) in [7, 11) is 0. The van der Waals surface area contributed by atoms with E-state index in [1.165, 1.54) is 25.7 Å². The number of carbonyl (C=O) groups is 1. The average molecular weight is 253 g/mol. The molecule has 0 aromatic rings. The van der Waals surface area contributed by atoms with Crippen LogP contribution < -0.4 is 0 Å². The van der Waals surface area contributed by atoms with Crippen LogP contribution in [0, 0.1) is 5.41 Å². The van der Waals surface area contributed by atoms with Crippen molar-refractivity contribution in [1.29, 1.82) is 0 Å². The second-order valence-corrected chi connectivity index (χ2v) is 7.19. The van der Waals surface area contributed by atoms with E-state index in [2.05, 4.69) is 6.92 Å². The fraction of sp³-hybridized carbons (Fsp3) is 0.933. The van der Waals surface area contributed by atoms with Crippen LogP contribution in [0.2, 0.25) is 0 Å². The van der Waals surface area contributed by atoms with E-state index in [1.807, 2.05) is 25.7 Å². The van der Waals surface area contributed by atoms with Crippen LogP contribution in [-0.4, -0.2) is 29.2 Å². The van der Waals surface area contributed by atoms with Gasteiger partial charge in [-0.25, -0.2) is 4.79 Å².